The number of carbonyl (C=O) groups is 2. The highest BCUT2D eigenvalue weighted by Gasteiger charge is 2.19. The predicted octanol–water partition coefficient (Wildman–Crippen LogP) is 0.909. The lowest BCUT2D eigenvalue weighted by Gasteiger charge is -2.08. The smallest absolute Gasteiger partial charge is 0.273 e. The van der Waals surface area contributed by atoms with Gasteiger partial charge in [0.1, 0.15) is 5.82 Å². The Hall–Kier alpha value is -3.27. The van der Waals surface area contributed by atoms with Crippen LogP contribution in [0.4, 0.5) is 4.39 Å². The van der Waals surface area contributed by atoms with Crippen LogP contribution in [0.25, 0.3) is 0 Å². The van der Waals surface area contributed by atoms with Gasteiger partial charge in [-0.3, -0.25) is 9.59 Å². The highest BCUT2D eigenvalue weighted by atomic mass is 19.1. The second-order valence-corrected chi connectivity index (χ2v) is 4.45. The van der Waals surface area contributed by atoms with Gasteiger partial charge >= 0.3 is 0 Å². The number of aromatic nitrogens is 2. The molecule has 0 radical (unpaired) electrons. The molecule has 0 saturated carbocycles. The molecule has 0 aliphatic rings. The Morgan fingerprint density at radius 1 is 1.04 bits per heavy atom. The molecule has 1 aromatic carbocycles. The van der Waals surface area contributed by atoms with Gasteiger partial charge in [-0.25, -0.2) is 14.4 Å². The summed E-state index contributed by atoms with van der Waals surface area (Å²) in [6.45, 7) is 0.188. The van der Waals surface area contributed by atoms with Crippen molar-refractivity contribution in [3.63, 3.8) is 0 Å². The number of amides is 2. The molecule has 0 aliphatic heterocycles. The normalized spacial score (nSPS) is 9.74. The Morgan fingerprint density at radius 3 is 2.17 bits per heavy atom. The third-order valence-electron chi connectivity index (χ3n) is 2.85. The Kier molecular flexibility index (Phi) is 5.36. The second-order valence-electron chi connectivity index (χ2n) is 4.45. The van der Waals surface area contributed by atoms with Crippen molar-refractivity contribution in [1.29, 1.82) is 0 Å². The van der Waals surface area contributed by atoms with Gasteiger partial charge in [0.2, 0.25) is 0 Å². The largest absolute Gasteiger partial charge is 0.347 e. The van der Waals surface area contributed by atoms with Gasteiger partial charge < -0.3 is 10.6 Å². The third-order valence-corrected chi connectivity index (χ3v) is 2.85. The topological polar surface area (TPSA) is 84.0 Å². The summed E-state index contributed by atoms with van der Waals surface area (Å²) in [5, 5.41) is 5.03. The van der Waals surface area contributed by atoms with Crippen LogP contribution < -0.4 is 10.6 Å². The number of hydrogen-bond acceptors (Lipinski definition) is 4. The van der Waals surface area contributed by atoms with E-state index in [0.29, 0.717) is 5.56 Å². The molecule has 0 saturated heterocycles. The number of nitrogens with one attached hydrogen (secondary N) is 2. The van der Waals surface area contributed by atoms with Gasteiger partial charge in [-0.15, -0.1) is 6.42 Å². The van der Waals surface area contributed by atoms with Crippen molar-refractivity contribution in [2.45, 2.75) is 6.54 Å². The van der Waals surface area contributed by atoms with Crippen molar-refractivity contribution >= 4 is 11.8 Å². The average molecular weight is 312 g/mol. The number of nitrogens with zero attached hydrogens (tertiary/aromatic N) is 2. The SMILES string of the molecule is C#CCNC(=O)c1nccnc1C(=O)NCc1ccc(F)cc1. The van der Waals surface area contributed by atoms with Crippen LogP contribution in [0.2, 0.25) is 0 Å². The van der Waals surface area contributed by atoms with Gasteiger partial charge in [-0.2, -0.15) is 0 Å². The molecule has 1 aromatic heterocycles. The van der Waals surface area contributed by atoms with Crippen LogP contribution in [0.3, 0.4) is 0 Å². The first-order chi connectivity index (χ1) is 11.1. The molecule has 2 aromatic rings. The lowest BCUT2D eigenvalue weighted by Crippen LogP contribution is -2.31. The fourth-order valence-corrected chi connectivity index (χ4v) is 1.75. The van der Waals surface area contributed by atoms with Crippen LogP contribution >= 0.6 is 0 Å². The molecule has 7 heteroatoms. The lowest BCUT2D eigenvalue weighted by atomic mass is 10.2. The molecular formula is C16H13FN4O2. The summed E-state index contributed by atoms with van der Waals surface area (Å²) in [5.41, 5.74) is 0.491. The second kappa shape index (κ2) is 7.66. The van der Waals surface area contributed by atoms with E-state index in [-0.39, 0.29) is 30.3 Å². The minimum absolute atomic E-state index is 0.0199. The zero-order valence-corrected chi connectivity index (χ0v) is 12.0. The number of hydrogen-bond donors (Lipinski definition) is 2. The van der Waals surface area contributed by atoms with Crippen molar-refractivity contribution < 1.29 is 14.0 Å². The Balaban J connectivity index is 2.08. The molecule has 23 heavy (non-hydrogen) atoms. The van der Waals surface area contributed by atoms with E-state index >= 15 is 0 Å². The van der Waals surface area contributed by atoms with Crippen molar-refractivity contribution in [2.75, 3.05) is 6.54 Å². The van der Waals surface area contributed by atoms with Gasteiger partial charge in [-0.05, 0) is 17.7 Å². The molecule has 1 heterocycles. The Morgan fingerprint density at radius 2 is 1.61 bits per heavy atom. The molecule has 0 atom stereocenters. The quantitative estimate of drug-likeness (QED) is 0.804. The lowest BCUT2D eigenvalue weighted by molar-refractivity contribution is 0.0912. The minimum atomic E-state index is -0.581. The summed E-state index contributed by atoms with van der Waals surface area (Å²) in [4.78, 5) is 31.8. The standard InChI is InChI=1S/C16H13FN4O2/c1-2-7-20-15(22)13-14(19-9-8-18-13)16(23)21-10-11-3-5-12(17)6-4-11/h1,3-6,8-9H,7,10H2,(H,20,22)(H,21,23). The number of halogens is 1. The fraction of sp³-hybridized carbons (Fsp3) is 0.125. The molecular weight excluding hydrogens is 299 g/mol. The zero-order chi connectivity index (χ0) is 16.7. The molecule has 116 valence electrons. The summed E-state index contributed by atoms with van der Waals surface area (Å²) < 4.78 is 12.8. The van der Waals surface area contributed by atoms with E-state index < -0.39 is 11.8 Å². The monoisotopic (exact) mass is 312 g/mol. The number of benzene rings is 1. The van der Waals surface area contributed by atoms with Crippen LogP contribution in [-0.2, 0) is 6.54 Å². The summed E-state index contributed by atoms with van der Waals surface area (Å²) in [5.74, 6) is 0.755. The number of carbonyl (C=O) groups excluding carboxylic acids is 2. The fourth-order valence-electron chi connectivity index (χ4n) is 1.75. The molecule has 2 N–H and O–H groups in total. The molecule has 6 nitrogen and oxygen atoms in total. The molecule has 0 spiro atoms. The van der Waals surface area contributed by atoms with Crippen LogP contribution in [0.15, 0.2) is 36.7 Å². The first-order valence-electron chi connectivity index (χ1n) is 6.67. The first kappa shape index (κ1) is 16.1. The maximum absolute atomic E-state index is 12.8. The Bertz CT molecular complexity index is 753. The maximum atomic E-state index is 12.8. The average Bonchev–Trinajstić information content (AvgIpc) is 2.59. The van der Waals surface area contributed by atoms with Crippen molar-refractivity contribution in [2.24, 2.45) is 0 Å². The van der Waals surface area contributed by atoms with Crippen LogP contribution in [0.5, 0.6) is 0 Å². The van der Waals surface area contributed by atoms with Gasteiger partial charge in [0, 0.05) is 18.9 Å². The maximum Gasteiger partial charge on any atom is 0.273 e. The van der Waals surface area contributed by atoms with Crippen molar-refractivity contribution in [1.82, 2.24) is 20.6 Å². The first-order valence-corrected chi connectivity index (χ1v) is 6.67. The van der Waals surface area contributed by atoms with E-state index in [9.17, 15) is 14.0 Å². The van der Waals surface area contributed by atoms with E-state index in [1.54, 1.807) is 12.1 Å². The van der Waals surface area contributed by atoms with E-state index in [1.807, 2.05) is 0 Å². The van der Waals surface area contributed by atoms with E-state index in [2.05, 4.69) is 26.5 Å². The van der Waals surface area contributed by atoms with Crippen molar-refractivity contribution in [3.05, 3.63) is 59.4 Å². The highest BCUT2D eigenvalue weighted by molar-refractivity contribution is 6.04. The van der Waals surface area contributed by atoms with Crippen LogP contribution in [0, 0.1) is 18.2 Å². The van der Waals surface area contributed by atoms with E-state index in [0.717, 1.165) is 0 Å². The van der Waals surface area contributed by atoms with Crippen LogP contribution in [-0.4, -0.2) is 28.3 Å². The Labute approximate surface area is 132 Å². The molecule has 0 aliphatic carbocycles. The van der Waals surface area contributed by atoms with Gasteiger partial charge in [0.25, 0.3) is 11.8 Å². The van der Waals surface area contributed by atoms with Gasteiger partial charge in [0.05, 0.1) is 6.54 Å². The number of rotatable bonds is 5. The van der Waals surface area contributed by atoms with Gasteiger partial charge in [-0.1, -0.05) is 18.1 Å². The summed E-state index contributed by atoms with van der Waals surface area (Å²) in [7, 11) is 0. The molecule has 0 unspecified atom stereocenters. The third kappa shape index (κ3) is 4.35. The summed E-state index contributed by atoms with van der Waals surface area (Å²) in [6, 6.07) is 5.69. The molecule has 2 amide bonds. The molecule has 2 rings (SSSR count). The van der Waals surface area contributed by atoms with Crippen LogP contribution in [0.1, 0.15) is 26.5 Å². The number of terminal acetylenes is 1. The highest BCUT2D eigenvalue weighted by Crippen LogP contribution is 2.05. The van der Waals surface area contributed by atoms with E-state index in [1.165, 1.54) is 24.5 Å². The van der Waals surface area contributed by atoms with Crippen molar-refractivity contribution in [3.8, 4) is 12.3 Å². The molecule has 0 fully saturated rings. The van der Waals surface area contributed by atoms with Gasteiger partial charge in [0.15, 0.2) is 11.4 Å². The van der Waals surface area contributed by atoms with E-state index in [4.69, 9.17) is 6.42 Å². The summed E-state index contributed by atoms with van der Waals surface area (Å²) in [6.07, 6.45) is 7.69. The molecule has 0 bridgehead atoms. The minimum Gasteiger partial charge on any atom is -0.347 e. The predicted molar refractivity (Wildman–Crippen MR) is 80.8 cm³/mol. The summed E-state index contributed by atoms with van der Waals surface area (Å²) >= 11 is 0. The zero-order valence-electron chi connectivity index (χ0n) is 12.0.